The fraction of sp³-hybridized carbons (Fsp3) is 0.917. The van der Waals surface area contributed by atoms with E-state index in [0.717, 1.165) is 19.4 Å². The number of likely N-dealkylation sites (N-methyl/N-ethyl adjacent to an activating group) is 1. The van der Waals surface area contributed by atoms with Gasteiger partial charge in [-0.25, -0.2) is 0 Å². The summed E-state index contributed by atoms with van der Waals surface area (Å²) in [4.78, 5) is 13.7. The summed E-state index contributed by atoms with van der Waals surface area (Å²) < 4.78 is 0. The quantitative estimate of drug-likeness (QED) is 0.697. The normalized spacial score (nSPS) is 19.0. The molecule has 4 nitrogen and oxygen atoms in total. The lowest BCUT2D eigenvalue weighted by Gasteiger charge is -2.21. The maximum absolute atomic E-state index is 11.7. The Morgan fingerprint density at radius 2 is 2.12 bits per heavy atom. The molecular formula is C12H25N3O. The number of nitrogens with zero attached hydrogens (tertiary/aromatic N) is 1. The third-order valence-electron chi connectivity index (χ3n) is 3.16. The van der Waals surface area contributed by atoms with E-state index in [1.165, 1.54) is 12.8 Å². The number of amides is 1. The lowest BCUT2D eigenvalue weighted by atomic mass is 10.2. The molecule has 0 aromatic heterocycles. The van der Waals surface area contributed by atoms with Crippen LogP contribution in [0.4, 0.5) is 0 Å². The van der Waals surface area contributed by atoms with Crippen molar-refractivity contribution in [3.63, 3.8) is 0 Å². The van der Waals surface area contributed by atoms with E-state index < -0.39 is 0 Å². The summed E-state index contributed by atoms with van der Waals surface area (Å²) in [7, 11) is 1.97. The second kappa shape index (κ2) is 6.86. The van der Waals surface area contributed by atoms with Crippen LogP contribution in [0.2, 0.25) is 0 Å². The summed E-state index contributed by atoms with van der Waals surface area (Å²) in [6.45, 7) is 4.15. The molecule has 16 heavy (non-hydrogen) atoms. The highest BCUT2D eigenvalue weighted by atomic mass is 16.2. The third kappa shape index (κ3) is 4.94. The van der Waals surface area contributed by atoms with E-state index in [4.69, 9.17) is 5.73 Å². The molecule has 0 heterocycles. The molecule has 1 atom stereocenters. The first-order valence-corrected chi connectivity index (χ1v) is 6.29. The Labute approximate surface area is 98.6 Å². The van der Waals surface area contributed by atoms with Crippen molar-refractivity contribution in [3.8, 4) is 0 Å². The highest BCUT2D eigenvalue weighted by Gasteiger charge is 2.17. The van der Waals surface area contributed by atoms with Crippen molar-refractivity contribution in [2.24, 2.45) is 11.7 Å². The maximum Gasteiger partial charge on any atom is 0.234 e. The summed E-state index contributed by atoms with van der Waals surface area (Å²) in [5, 5.41) is 3.09. The van der Waals surface area contributed by atoms with Gasteiger partial charge in [-0.15, -0.1) is 0 Å². The zero-order valence-electron chi connectivity index (χ0n) is 10.5. The largest absolute Gasteiger partial charge is 0.352 e. The van der Waals surface area contributed by atoms with Crippen LogP contribution in [0.1, 0.15) is 32.6 Å². The van der Waals surface area contributed by atoms with Crippen LogP contribution in [-0.2, 0) is 4.79 Å². The number of nitrogens with two attached hydrogens (primary N) is 1. The van der Waals surface area contributed by atoms with Crippen molar-refractivity contribution in [2.75, 3.05) is 26.7 Å². The second-order valence-electron chi connectivity index (χ2n) is 5.09. The van der Waals surface area contributed by atoms with E-state index >= 15 is 0 Å². The molecule has 1 aliphatic carbocycles. The van der Waals surface area contributed by atoms with Gasteiger partial charge in [0.15, 0.2) is 0 Å². The van der Waals surface area contributed by atoms with Crippen molar-refractivity contribution in [2.45, 2.75) is 38.6 Å². The van der Waals surface area contributed by atoms with Gasteiger partial charge in [-0.1, -0.05) is 19.8 Å². The van der Waals surface area contributed by atoms with E-state index in [1.54, 1.807) is 0 Å². The minimum absolute atomic E-state index is 0.152. The monoisotopic (exact) mass is 227 g/mol. The Morgan fingerprint density at radius 1 is 1.50 bits per heavy atom. The summed E-state index contributed by atoms with van der Waals surface area (Å²) in [6.07, 6.45) is 4.80. The number of rotatable bonds is 6. The van der Waals surface area contributed by atoms with Crippen molar-refractivity contribution in [1.82, 2.24) is 10.2 Å². The Kier molecular flexibility index (Phi) is 5.77. The standard InChI is InChI=1S/C12H25N3O/c1-10(7-13)8-15(2)9-12(16)14-11-5-3-4-6-11/h10-11H,3-9,13H2,1-2H3,(H,14,16). The van der Waals surface area contributed by atoms with Crippen LogP contribution in [0.3, 0.4) is 0 Å². The van der Waals surface area contributed by atoms with E-state index in [0.29, 0.717) is 25.0 Å². The van der Waals surface area contributed by atoms with Gasteiger partial charge in [0.2, 0.25) is 5.91 Å². The van der Waals surface area contributed by atoms with Gasteiger partial charge in [-0.2, -0.15) is 0 Å². The van der Waals surface area contributed by atoms with Crippen LogP contribution >= 0.6 is 0 Å². The lowest BCUT2D eigenvalue weighted by molar-refractivity contribution is -0.122. The first kappa shape index (κ1) is 13.5. The molecule has 0 radical (unpaired) electrons. The predicted octanol–water partition coefficient (Wildman–Crippen LogP) is 0.572. The van der Waals surface area contributed by atoms with Gasteiger partial charge >= 0.3 is 0 Å². The number of nitrogens with one attached hydrogen (secondary N) is 1. The maximum atomic E-state index is 11.7. The van der Waals surface area contributed by atoms with Crippen molar-refractivity contribution in [1.29, 1.82) is 0 Å². The number of carbonyl (C=O) groups is 1. The van der Waals surface area contributed by atoms with E-state index in [2.05, 4.69) is 12.2 Å². The number of hydrogen-bond donors (Lipinski definition) is 2. The zero-order valence-corrected chi connectivity index (χ0v) is 10.5. The molecule has 1 rings (SSSR count). The molecule has 1 fully saturated rings. The molecule has 1 amide bonds. The van der Waals surface area contributed by atoms with E-state index in [1.807, 2.05) is 11.9 Å². The molecule has 0 aromatic carbocycles. The zero-order chi connectivity index (χ0) is 12.0. The average molecular weight is 227 g/mol. The highest BCUT2D eigenvalue weighted by Crippen LogP contribution is 2.17. The lowest BCUT2D eigenvalue weighted by Crippen LogP contribution is -2.41. The van der Waals surface area contributed by atoms with Crippen molar-refractivity contribution >= 4 is 5.91 Å². The summed E-state index contributed by atoms with van der Waals surface area (Å²) in [5.74, 6) is 0.600. The Morgan fingerprint density at radius 3 is 2.69 bits per heavy atom. The summed E-state index contributed by atoms with van der Waals surface area (Å²) >= 11 is 0. The van der Waals surface area contributed by atoms with Gasteiger partial charge in [0.05, 0.1) is 6.54 Å². The van der Waals surface area contributed by atoms with Crippen LogP contribution in [0.5, 0.6) is 0 Å². The van der Waals surface area contributed by atoms with E-state index in [-0.39, 0.29) is 5.91 Å². The SMILES string of the molecule is CC(CN)CN(C)CC(=O)NC1CCCC1. The van der Waals surface area contributed by atoms with Crippen LogP contribution in [0.15, 0.2) is 0 Å². The van der Waals surface area contributed by atoms with Gasteiger partial charge < -0.3 is 11.1 Å². The van der Waals surface area contributed by atoms with Gasteiger partial charge in [-0.3, -0.25) is 9.69 Å². The summed E-state index contributed by atoms with van der Waals surface area (Å²) in [5.41, 5.74) is 5.56. The molecule has 1 aliphatic rings. The topological polar surface area (TPSA) is 58.4 Å². The van der Waals surface area contributed by atoms with Crippen LogP contribution < -0.4 is 11.1 Å². The average Bonchev–Trinajstić information content (AvgIpc) is 2.69. The molecule has 0 saturated heterocycles. The van der Waals surface area contributed by atoms with Crippen molar-refractivity contribution < 1.29 is 4.79 Å². The Hall–Kier alpha value is -0.610. The minimum atomic E-state index is 0.152. The first-order valence-electron chi connectivity index (χ1n) is 6.29. The molecule has 0 spiro atoms. The second-order valence-corrected chi connectivity index (χ2v) is 5.09. The van der Waals surface area contributed by atoms with Gasteiger partial charge in [0.1, 0.15) is 0 Å². The summed E-state index contributed by atoms with van der Waals surface area (Å²) in [6, 6.07) is 0.424. The van der Waals surface area contributed by atoms with Gasteiger partial charge in [0.25, 0.3) is 0 Å². The molecule has 1 unspecified atom stereocenters. The first-order chi connectivity index (χ1) is 7.61. The number of carbonyl (C=O) groups excluding carboxylic acids is 1. The minimum Gasteiger partial charge on any atom is -0.352 e. The van der Waals surface area contributed by atoms with Gasteiger partial charge in [0, 0.05) is 12.6 Å². The van der Waals surface area contributed by atoms with E-state index in [9.17, 15) is 4.79 Å². The fourth-order valence-corrected chi connectivity index (χ4v) is 2.26. The molecule has 3 N–H and O–H groups in total. The Balaban J connectivity index is 2.17. The molecule has 94 valence electrons. The number of hydrogen-bond acceptors (Lipinski definition) is 3. The van der Waals surface area contributed by atoms with Crippen LogP contribution in [0.25, 0.3) is 0 Å². The molecule has 4 heteroatoms. The smallest absolute Gasteiger partial charge is 0.234 e. The molecule has 0 aliphatic heterocycles. The van der Waals surface area contributed by atoms with Crippen LogP contribution in [-0.4, -0.2) is 43.5 Å². The van der Waals surface area contributed by atoms with Gasteiger partial charge in [-0.05, 0) is 32.4 Å². The molecule has 0 aromatic rings. The highest BCUT2D eigenvalue weighted by molar-refractivity contribution is 5.78. The van der Waals surface area contributed by atoms with Crippen LogP contribution in [0, 0.1) is 5.92 Å². The molecule has 0 bridgehead atoms. The third-order valence-corrected chi connectivity index (χ3v) is 3.16. The Bertz CT molecular complexity index is 214. The molecule has 1 saturated carbocycles. The molecular weight excluding hydrogens is 202 g/mol. The fourth-order valence-electron chi connectivity index (χ4n) is 2.26. The van der Waals surface area contributed by atoms with Crippen molar-refractivity contribution in [3.05, 3.63) is 0 Å². The predicted molar refractivity (Wildman–Crippen MR) is 66.1 cm³/mol.